The number of methoxy groups -OCH3 is 1. The van der Waals surface area contributed by atoms with Crippen LogP contribution in [0.5, 0.6) is 0 Å². The molecule has 0 spiro atoms. The predicted molar refractivity (Wildman–Crippen MR) is 89.7 cm³/mol. The number of esters is 1. The van der Waals surface area contributed by atoms with Gasteiger partial charge >= 0.3 is 5.97 Å². The molecule has 0 aromatic carbocycles. The third kappa shape index (κ3) is 3.66. The van der Waals surface area contributed by atoms with Crippen molar-refractivity contribution in [2.45, 2.75) is 6.54 Å². The van der Waals surface area contributed by atoms with Gasteiger partial charge in [0.25, 0.3) is 0 Å². The van der Waals surface area contributed by atoms with Gasteiger partial charge in [-0.3, -0.25) is 14.5 Å². The van der Waals surface area contributed by atoms with Crippen molar-refractivity contribution in [3.8, 4) is 10.6 Å². The summed E-state index contributed by atoms with van der Waals surface area (Å²) in [7, 11) is 1.34. The number of nitrogens with zero attached hydrogens (tertiary/aromatic N) is 3. The van der Waals surface area contributed by atoms with Gasteiger partial charge < -0.3 is 10.1 Å². The lowest BCUT2D eigenvalue weighted by molar-refractivity contribution is -0.116. The van der Waals surface area contributed by atoms with Crippen LogP contribution in [0.3, 0.4) is 0 Å². The van der Waals surface area contributed by atoms with Crippen LogP contribution in [0, 0.1) is 0 Å². The smallest absolute Gasteiger partial charge is 0.348 e. The first-order valence-corrected chi connectivity index (χ1v) is 7.89. The minimum absolute atomic E-state index is 0.0874. The van der Waals surface area contributed by atoms with Crippen molar-refractivity contribution in [1.29, 1.82) is 0 Å². The van der Waals surface area contributed by atoms with E-state index in [2.05, 4.69) is 20.1 Å². The lowest BCUT2D eigenvalue weighted by Gasteiger charge is -2.04. The standard InChI is InChI=1S/C16H14N4O3S/c1-23-16(22)14-5-4-13(24-14)12-6-8-20(19-12)10-15(21)18-11-3-2-7-17-9-11/h2-9H,10H2,1H3,(H,18,21). The number of nitrogens with one attached hydrogen (secondary N) is 1. The average Bonchev–Trinajstić information content (AvgIpc) is 3.24. The summed E-state index contributed by atoms with van der Waals surface area (Å²) in [6.45, 7) is 0.0874. The Balaban J connectivity index is 1.66. The highest BCUT2D eigenvalue weighted by atomic mass is 32.1. The molecule has 24 heavy (non-hydrogen) atoms. The first-order chi connectivity index (χ1) is 11.7. The van der Waals surface area contributed by atoms with Crippen molar-refractivity contribution in [2.75, 3.05) is 12.4 Å². The van der Waals surface area contributed by atoms with Crippen molar-refractivity contribution < 1.29 is 14.3 Å². The second kappa shape index (κ2) is 7.05. The molecule has 0 unspecified atom stereocenters. The molecule has 3 aromatic rings. The number of hydrogen-bond donors (Lipinski definition) is 1. The van der Waals surface area contributed by atoms with Gasteiger partial charge in [-0.15, -0.1) is 11.3 Å². The number of amides is 1. The van der Waals surface area contributed by atoms with E-state index in [4.69, 9.17) is 0 Å². The van der Waals surface area contributed by atoms with E-state index >= 15 is 0 Å². The largest absolute Gasteiger partial charge is 0.465 e. The number of ether oxygens (including phenoxy) is 1. The summed E-state index contributed by atoms with van der Waals surface area (Å²) in [4.78, 5) is 28.8. The van der Waals surface area contributed by atoms with Crippen molar-refractivity contribution in [3.63, 3.8) is 0 Å². The molecule has 0 aliphatic rings. The Kier molecular flexibility index (Phi) is 4.66. The number of carbonyl (C=O) groups is 2. The monoisotopic (exact) mass is 342 g/mol. The molecule has 3 aromatic heterocycles. The summed E-state index contributed by atoms with van der Waals surface area (Å²) >= 11 is 1.29. The first kappa shape index (κ1) is 15.9. The van der Waals surface area contributed by atoms with Crippen molar-refractivity contribution >= 4 is 28.9 Å². The number of carbonyl (C=O) groups excluding carboxylic acids is 2. The highest BCUT2D eigenvalue weighted by Gasteiger charge is 2.12. The molecule has 0 saturated carbocycles. The van der Waals surface area contributed by atoms with Crippen LogP contribution in [0.2, 0.25) is 0 Å². The Morgan fingerprint density at radius 2 is 2.17 bits per heavy atom. The van der Waals surface area contributed by atoms with Gasteiger partial charge in [-0.25, -0.2) is 4.79 Å². The number of rotatable bonds is 5. The molecule has 0 radical (unpaired) electrons. The van der Waals surface area contributed by atoms with Gasteiger partial charge in [0.05, 0.1) is 23.9 Å². The zero-order valence-corrected chi connectivity index (χ0v) is 13.6. The molecule has 1 N–H and O–H groups in total. The van der Waals surface area contributed by atoms with Crippen molar-refractivity contribution in [2.24, 2.45) is 0 Å². The molecule has 0 saturated heterocycles. The maximum Gasteiger partial charge on any atom is 0.348 e. The fraction of sp³-hybridized carbons (Fsp3) is 0.125. The van der Waals surface area contributed by atoms with Crippen LogP contribution in [0.4, 0.5) is 5.69 Å². The molecule has 122 valence electrons. The van der Waals surface area contributed by atoms with Crippen LogP contribution in [-0.2, 0) is 16.1 Å². The molecule has 0 atom stereocenters. The molecule has 3 heterocycles. The maximum absolute atomic E-state index is 12.0. The van der Waals surface area contributed by atoms with Gasteiger partial charge in [0.2, 0.25) is 5.91 Å². The van der Waals surface area contributed by atoms with E-state index in [1.165, 1.54) is 18.4 Å². The number of thiophene rings is 1. The highest BCUT2D eigenvalue weighted by Crippen LogP contribution is 2.27. The van der Waals surface area contributed by atoms with Gasteiger partial charge in [0.1, 0.15) is 17.1 Å². The number of hydrogen-bond acceptors (Lipinski definition) is 6. The SMILES string of the molecule is COC(=O)c1ccc(-c2ccn(CC(=O)Nc3cccnc3)n2)s1. The van der Waals surface area contributed by atoms with Crippen molar-refractivity contribution in [1.82, 2.24) is 14.8 Å². The van der Waals surface area contributed by atoms with Gasteiger partial charge in [-0.1, -0.05) is 0 Å². The maximum atomic E-state index is 12.0. The lowest BCUT2D eigenvalue weighted by Crippen LogP contribution is -2.19. The highest BCUT2D eigenvalue weighted by molar-refractivity contribution is 7.17. The Hall–Kier alpha value is -3.00. The number of anilines is 1. The van der Waals surface area contributed by atoms with Crippen LogP contribution in [-0.4, -0.2) is 33.8 Å². The zero-order chi connectivity index (χ0) is 16.9. The molecule has 0 aliphatic carbocycles. The molecule has 3 rings (SSSR count). The van der Waals surface area contributed by atoms with Crippen LogP contribution >= 0.6 is 11.3 Å². The minimum Gasteiger partial charge on any atom is -0.465 e. The molecule has 0 aliphatic heterocycles. The van der Waals surface area contributed by atoms with E-state index in [-0.39, 0.29) is 18.4 Å². The molecule has 0 bridgehead atoms. The Labute approximate surface area is 141 Å². The van der Waals surface area contributed by atoms with Crippen LogP contribution in [0.1, 0.15) is 9.67 Å². The van der Waals surface area contributed by atoms with E-state index in [0.717, 1.165) is 4.88 Å². The summed E-state index contributed by atoms with van der Waals surface area (Å²) < 4.78 is 6.23. The summed E-state index contributed by atoms with van der Waals surface area (Å²) in [5.74, 6) is -0.569. The van der Waals surface area contributed by atoms with E-state index in [0.29, 0.717) is 16.3 Å². The van der Waals surface area contributed by atoms with Gasteiger partial charge in [-0.2, -0.15) is 5.10 Å². The van der Waals surface area contributed by atoms with Gasteiger partial charge in [0.15, 0.2) is 0 Å². The second-order valence-corrected chi connectivity index (χ2v) is 5.93. The molecular formula is C16H14N4O3S. The summed E-state index contributed by atoms with van der Waals surface area (Å²) in [6.07, 6.45) is 4.93. The topological polar surface area (TPSA) is 86.1 Å². The normalized spacial score (nSPS) is 10.4. The molecular weight excluding hydrogens is 328 g/mol. The molecule has 0 fully saturated rings. The Morgan fingerprint density at radius 1 is 1.29 bits per heavy atom. The summed E-state index contributed by atoms with van der Waals surface area (Å²) in [5, 5.41) is 7.10. The predicted octanol–water partition coefficient (Wildman–Crippen LogP) is 2.43. The van der Waals surface area contributed by atoms with Crippen molar-refractivity contribution in [3.05, 3.63) is 53.8 Å². The van der Waals surface area contributed by atoms with Gasteiger partial charge in [-0.05, 0) is 30.3 Å². The van der Waals surface area contributed by atoms with Gasteiger partial charge in [0, 0.05) is 12.4 Å². The van der Waals surface area contributed by atoms with E-state index in [1.807, 2.05) is 0 Å². The third-order valence-electron chi connectivity index (χ3n) is 3.14. The summed E-state index contributed by atoms with van der Waals surface area (Å²) in [6, 6.07) is 8.81. The summed E-state index contributed by atoms with van der Waals surface area (Å²) in [5.41, 5.74) is 1.33. The zero-order valence-electron chi connectivity index (χ0n) is 12.8. The Morgan fingerprint density at radius 3 is 2.92 bits per heavy atom. The molecule has 1 amide bonds. The number of pyridine rings is 1. The second-order valence-electron chi connectivity index (χ2n) is 4.84. The van der Waals surface area contributed by atoms with Crippen LogP contribution in [0.25, 0.3) is 10.6 Å². The average molecular weight is 342 g/mol. The fourth-order valence-corrected chi connectivity index (χ4v) is 2.94. The first-order valence-electron chi connectivity index (χ1n) is 7.07. The molecule has 7 nitrogen and oxygen atoms in total. The molecule has 8 heteroatoms. The van der Waals surface area contributed by atoms with Crippen LogP contribution in [0.15, 0.2) is 48.9 Å². The van der Waals surface area contributed by atoms with Crippen LogP contribution < -0.4 is 5.32 Å². The third-order valence-corrected chi connectivity index (χ3v) is 4.22. The fourth-order valence-electron chi connectivity index (χ4n) is 2.05. The van der Waals surface area contributed by atoms with E-state index in [9.17, 15) is 9.59 Å². The lowest BCUT2D eigenvalue weighted by atomic mass is 10.3. The quantitative estimate of drug-likeness (QED) is 0.720. The Bertz CT molecular complexity index is 857. The van der Waals surface area contributed by atoms with E-state index < -0.39 is 0 Å². The van der Waals surface area contributed by atoms with E-state index in [1.54, 1.807) is 53.6 Å². The number of aromatic nitrogens is 3. The minimum atomic E-state index is -0.374.